The number of rotatable bonds is 4. The zero-order valence-electron chi connectivity index (χ0n) is 10.2. The third-order valence-electron chi connectivity index (χ3n) is 2.57. The lowest BCUT2D eigenvalue weighted by Gasteiger charge is -2.23. The second kappa shape index (κ2) is 10.1. The molecule has 0 radical (unpaired) electrons. The van der Waals surface area contributed by atoms with Gasteiger partial charge in [0, 0.05) is 37.8 Å². The number of aliphatic imine (C=N–C) groups is 1. The van der Waals surface area contributed by atoms with Crippen LogP contribution in [-0.4, -0.2) is 39.3 Å². The van der Waals surface area contributed by atoms with Gasteiger partial charge in [0.15, 0.2) is 5.96 Å². The third kappa shape index (κ3) is 7.99. The second-order valence-electron chi connectivity index (χ2n) is 3.88. The molecule has 0 bridgehead atoms. The van der Waals surface area contributed by atoms with Gasteiger partial charge in [-0.1, -0.05) is 22.5 Å². The predicted octanol–water partition coefficient (Wildman–Crippen LogP) is 2.10. The van der Waals surface area contributed by atoms with Gasteiger partial charge in [0.05, 0.1) is 0 Å². The Kier molecular flexibility index (Phi) is 10.2. The number of hydrogen-bond acceptors (Lipinski definition) is 2. The number of nitrogens with one attached hydrogen (secondary N) is 2. The Balaban J connectivity index is 0.00000256. The van der Waals surface area contributed by atoms with E-state index in [0.717, 1.165) is 43.0 Å². The molecule has 0 aromatic heterocycles. The molecule has 0 aliphatic carbocycles. The van der Waals surface area contributed by atoms with Crippen LogP contribution in [0.5, 0.6) is 0 Å². The van der Waals surface area contributed by atoms with Gasteiger partial charge in [0.1, 0.15) is 0 Å². The first-order chi connectivity index (χ1) is 7.72. The average molecular weight is 418 g/mol. The maximum atomic E-state index is 5.32. The van der Waals surface area contributed by atoms with Crippen molar-refractivity contribution in [2.75, 3.05) is 33.4 Å². The molecular weight excluding hydrogens is 397 g/mol. The molecule has 6 heteroatoms. The topological polar surface area (TPSA) is 45.7 Å². The molecular formula is C11H21BrIN3O. The van der Waals surface area contributed by atoms with Crippen molar-refractivity contribution in [1.82, 2.24) is 10.6 Å². The van der Waals surface area contributed by atoms with Gasteiger partial charge in [-0.2, -0.15) is 0 Å². The maximum absolute atomic E-state index is 5.32. The van der Waals surface area contributed by atoms with Gasteiger partial charge in [0.25, 0.3) is 0 Å². The normalized spacial score (nSPS) is 17.2. The lowest BCUT2D eigenvalue weighted by atomic mass is 10.0. The van der Waals surface area contributed by atoms with Crippen LogP contribution >= 0.6 is 39.9 Å². The lowest BCUT2D eigenvalue weighted by Crippen LogP contribution is -2.41. The summed E-state index contributed by atoms with van der Waals surface area (Å²) in [5, 5.41) is 6.49. The van der Waals surface area contributed by atoms with Crippen molar-refractivity contribution in [2.24, 2.45) is 10.9 Å². The highest BCUT2D eigenvalue weighted by Gasteiger charge is 2.13. The molecule has 0 aromatic carbocycles. The molecule has 100 valence electrons. The van der Waals surface area contributed by atoms with E-state index in [-0.39, 0.29) is 24.0 Å². The number of hydrogen-bond donors (Lipinski definition) is 2. The van der Waals surface area contributed by atoms with E-state index >= 15 is 0 Å². The monoisotopic (exact) mass is 417 g/mol. The van der Waals surface area contributed by atoms with Crippen LogP contribution in [0.4, 0.5) is 0 Å². The van der Waals surface area contributed by atoms with Gasteiger partial charge in [-0.05, 0) is 18.8 Å². The summed E-state index contributed by atoms with van der Waals surface area (Å²) in [7, 11) is 1.77. The summed E-state index contributed by atoms with van der Waals surface area (Å²) in [6.45, 7) is 7.18. The van der Waals surface area contributed by atoms with Crippen LogP contribution in [0.2, 0.25) is 0 Å². The minimum absolute atomic E-state index is 0. The summed E-state index contributed by atoms with van der Waals surface area (Å²) < 4.78 is 6.24. The molecule has 1 saturated heterocycles. The summed E-state index contributed by atoms with van der Waals surface area (Å²) in [5.74, 6) is 1.52. The quantitative estimate of drug-likeness (QED) is 0.418. The van der Waals surface area contributed by atoms with Crippen LogP contribution in [0.1, 0.15) is 12.8 Å². The highest BCUT2D eigenvalue weighted by molar-refractivity contribution is 14.0. The van der Waals surface area contributed by atoms with Gasteiger partial charge in [-0.25, -0.2) is 0 Å². The maximum Gasteiger partial charge on any atom is 0.191 e. The minimum atomic E-state index is 0. The summed E-state index contributed by atoms with van der Waals surface area (Å²) in [4.78, 5) is 4.15. The van der Waals surface area contributed by atoms with Gasteiger partial charge in [-0.15, -0.1) is 24.0 Å². The Morgan fingerprint density at radius 1 is 1.41 bits per heavy atom. The van der Waals surface area contributed by atoms with E-state index in [1.165, 1.54) is 0 Å². The molecule has 0 amide bonds. The summed E-state index contributed by atoms with van der Waals surface area (Å²) in [6, 6.07) is 0. The molecule has 0 spiro atoms. The number of nitrogens with zero attached hydrogens (tertiary/aromatic N) is 1. The Bertz CT molecular complexity index is 255. The van der Waals surface area contributed by atoms with Crippen LogP contribution in [0, 0.1) is 5.92 Å². The zero-order valence-corrected chi connectivity index (χ0v) is 14.1. The van der Waals surface area contributed by atoms with Crippen LogP contribution in [0.25, 0.3) is 0 Å². The van der Waals surface area contributed by atoms with Crippen molar-refractivity contribution in [3.63, 3.8) is 0 Å². The summed E-state index contributed by atoms with van der Waals surface area (Å²) >= 11 is 3.30. The highest BCUT2D eigenvalue weighted by atomic mass is 127. The largest absolute Gasteiger partial charge is 0.381 e. The van der Waals surface area contributed by atoms with Crippen molar-refractivity contribution < 1.29 is 4.74 Å². The first kappa shape index (κ1) is 17.2. The Morgan fingerprint density at radius 3 is 2.59 bits per heavy atom. The fourth-order valence-electron chi connectivity index (χ4n) is 1.59. The molecule has 4 nitrogen and oxygen atoms in total. The zero-order chi connectivity index (χ0) is 11.8. The van der Waals surface area contributed by atoms with E-state index < -0.39 is 0 Å². The molecule has 1 aliphatic rings. The van der Waals surface area contributed by atoms with Crippen LogP contribution in [0.15, 0.2) is 16.1 Å². The van der Waals surface area contributed by atoms with Gasteiger partial charge < -0.3 is 15.4 Å². The van der Waals surface area contributed by atoms with Crippen molar-refractivity contribution >= 4 is 45.9 Å². The van der Waals surface area contributed by atoms with E-state index in [2.05, 4.69) is 38.1 Å². The SMILES string of the molecule is C=C(Br)CNC(=NC)NCC1CCOCC1.I. The third-order valence-corrected chi connectivity index (χ3v) is 2.85. The van der Waals surface area contributed by atoms with Crippen molar-refractivity contribution in [3.05, 3.63) is 11.1 Å². The van der Waals surface area contributed by atoms with Crippen molar-refractivity contribution in [1.29, 1.82) is 0 Å². The van der Waals surface area contributed by atoms with Crippen LogP contribution in [0.3, 0.4) is 0 Å². The van der Waals surface area contributed by atoms with E-state index in [1.54, 1.807) is 7.05 Å². The lowest BCUT2D eigenvalue weighted by molar-refractivity contribution is 0.0675. The summed E-state index contributed by atoms with van der Waals surface area (Å²) in [5.41, 5.74) is 0. The smallest absolute Gasteiger partial charge is 0.191 e. The van der Waals surface area contributed by atoms with Gasteiger partial charge in [-0.3, -0.25) is 4.99 Å². The molecule has 1 aliphatic heterocycles. The minimum Gasteiger partial charge on any atom is -0.381 e. The molecule has 0 aromatic rings. The van der Waals surface area contributed by atoms with Gasteiger partial charge >= 0.3 is 0 Å². The van der Waals surface area contributed by atoms with E-state index in [1.807, 2.05) is 0 Å². The van der Waals surface area contributed by atoms with E-state index in [0.29, 0.717) is 12.5 Å². The van der Waals surface area contributed by atoms with Crippen LogP contribution in [-0.2, 0) is 4.74 Å². The van der Waals surface area contributed by atoms with Crippen LogP contribution < -0.4 is 10.6 Å². The highest BCUT2D eigenvalue weighted by Crippen LogP contribution is 2.12. The molecule has 0 saturated carbocycles. The Morgan fingerprint density at radius 2 is 2.06 bits per heavy atom. The predicted molar refractivity (Wildman–Crippen MR) is 86.4 cm³/mol. The molecule has 2 N–H and O–H groups in total. The number of ether oxygens (including phenoxy) is 1. The van der Waals surface area contributed by atoms with E-state index in [4.69, 9.17) is 4.74 Å². The Hall–Kier alpha value is 0.180. The van der Waals surface area contributed by atoms with E-state index in [9.17, 15) is 0 Å². The number of guanidine groups is 1. The standard InChI is InChI=1S/C11H20BrN3O.HI/c1-9(12)7-14-11(13-2)15-8-10-3-5-16-6-4-10;/h10H,1,3-8H2,2H3,(H2,13,14,15);1H. The average Bonchev–Trinajstić information content (AvgIpc) is 2.30. The molecule has 1 fully saturated rings. The first-order valence-corrected chi connectivity index (χ1v) is 6.37. The summed E-state index contributed by atoms with van der Waals surface area (Å²) in [6.07, 6.45) is 2.27. The Labute approximate surface area is 129 Å². The first-order valence-electron chi connectivity index (χ1n) is 5.58. The fraction of sp³-hybridized carbons (Fsp3) is 0.727. The fourth-order valence-corrected chi connectivity index (χ4v) is 1.73. The molecule has 17 heavy (non-hydrogen) atoms. The molecule has 1 rings (SSSR count). The number of halogens is 2. The molecule has 1 heterocycles. The molecule has 0 unspecified atom stereocenters. The van der Waals surface area contributed by atoms with Gasteiger partial charge in [0.2, 0.25) is 0 Å². The second-order valence-corrected chi connectivity index (χ2v) is 5.00. The van der Waals surface area contributed by atoms with Crippen molar-refractivity contribution in [2.45, 2.75) is 12.8 Å². The molecule has 0 atom stereocenters. The van der Waals surface area contributed by atoms with Crippen molar-refractivity contribution in [3.8, 4) is 0 Å².